The SMILES string of the molecule is O=c1[nH]c(-c2cnc3c(c2)nc(CN2CCC(c4cccc5c4OC[C@@H](c4ccc(Cl)cc4)O5)CC2)n3C[C@@H]2CCO2)no1. The number of hydrogen-bond donors (Lipinski definition) is 1. The Hall–Kier alpha value is -4.19. The summed E-state index contributed by atoms with van der Waals surface area (Å²) in [5.74, 6) is 2.73. The van der Waals surface area contributed by atoms with Crippen molar-refractivity contribution >= 4 is 22.8 Å². The zero-order valence-electron chi connectivity index (χ0n) is 23.9. The molecule has 12 heteroatoms. The standard InChI is InChI=1S/C32H31ClN6O5/c33-22-6-4-20(5-7-22)27-18-42-29-24(2-1-3-26(29)43-27)19-8-11-38(12-9-19)17-28-35-25-14-21(30-36-32(40)44-37-30)15-34-31(25)39(28)16-23-10-13-41-23/h1-7,14-15,19,23,27H,8-13,16-18H2,(H,36,37,40)/t23-,27-/m0/s1. The molecule has 0 bridgehead atoms. The van der Waals surface area contributed by atoms with Crippen LogP contribution >= 0.6 is 11.6 Å². The van der Waals surface area contributed by atoms with Gasteiger partial charge in [0, 0.05) is 29.0 Å². The van der Waals surface area contributed by atoms with Crippen molar-refractivity contribution in [2.75, 3.05) is 26.3 Å². The lowest BCUT2D eigenvalue weighted by molar-refractivity contribution is -0.0593. The summed E-state index contributed by atoms with van der Waals surface area (Å²) in [4.78, 5) is 26.2. The van der Waals surface area contributed by atoms with E-state index in [0.29, 0.717) is 42.0 Å². The second kappa shape index (κ2) is 11.4. The first-order valence-corrected chi connectivity index (χ1v) is 15.4. The number of H-pyrrole nitrogens is 1. The highest BCUT2D eigenvalue weighted by atomic mass is 35.5. The van der Waals surface area contributed by atoms with Gasteiger partial charge in [-0.1, -0.05) is 41.0 Å². The highest BCUT2D eigenvalue weighted by Crippen LogP contribution is 2.44. The molecule has 44 heavy (non-hydrogen) atoms. The van der Waals surface area contributed by atoms with E-state index < -0.39 is 5.76 Å². The van der Waals surface area contributed by atoms with Crippen LogP contribution in [0, 0.1) is 0 Å². The van der Waals surface area contributed by atoms with E-state index in [1.165, 1.54) is 5.56 Å². The third-order valence-electron chi connectivity index (χ3n) is 8.85. The number of nitrogens with zero attached hydrogens (tertiary/aromatic N) is 5. The molecule has 0 radical (unpaired) electrons. The molecule has 11 nitrogen and oxygen atoms in total. The Bertz CT molecular complexity index is 1860. The summed E-state index contributed by atoms with van der Waals surface area (Å²) in [6.07, 6.45) is 4.73. The highest BCUT2D eigenvalue weighted by Gasteiger charge is 2.30. The van der Waals surface area contributed by atoms with E-state index in [1.807, 2.05) is 36.4 Å². The normalized spacial score (nSPS) is 20.6. The van der Waals surface area contributed by atoms with E-state index in [0.717, 1.165) is 73.0 Å². The van der Waals surface area contributed by atoms with E-state index in [4.69, 9.17) is 35.8 Å². The lowest BCUT2D eigenvalue weighted by atomic mass is 9.88. The van der Waals surface area contributed by atoms with E-state index in [1.54, 1.807) is 6.20 Å². The number of hydrogen-bond acceptors (Lipinski definition) is 9. The van der Waals surface area contributed by atoms with E-state index in [-0.39, 0.29) is 12.2 Å². The predicted molar refractivity (Wildman–Crippen MR) is 162 cm³/mol. The molecule has 8 rings (SSSR count). The van der Waals surface area contributed by atoms with Gasteiger partial charge < -0.3 is 18.8 Å². The molecular formula is C32H31ClN6O5. The Morgan fingerprint density at radius 3 is 2.66 bits per heavy atom. The van der Waals surface area contributed by atoms with Crippen LogP contribution in [0.3, 0.4) is 0 Å². The van der Waals surface area contributed by atoms with Gasteiger partial charge in [0.05, 0.1) is 19.2 Å². The number of pyridine rings is 1. The van der Waals surface area contributed by atoms with Crippen LogP contribution in [0.4, 0.5) is 0 Å². The number of benzene rings is 2. The molecule has 3 aromatic heterocycles. The van der Waals surface area contributed by atoms with Gasteiger partial charge in [0.25, 0.3) is 0 Å². The monoisotopic (exact) mass is 614 g/mol. The van der Waals surface area contributed by atoms with Crippen molar-refractivity contribution in [3.8, 4) is 22.9 Å². The van der Waals surface area contributed by atoms with E-state index >= 15 is 0 Å². The fourth-order valence-electron chi connectivity index (χ4n) is 6.38. The molecule has 2 aromatic carbocycles. The summed E-state index contributed by atoms with van der Waals surface area (Å²) in [7, 11) is 0. The van der Waals surface area contributed by atoms with Gasteiger partial charge in [-0.2, -0.15) is 0 Å². The Balaban J connectivity index is 0.979. The minimum absolute atomic E-state index is 0.162. The van der Waals surface area contributed by atoms with Gasteiger partial charge in [0.2, 0.25) is 0 Å². The molecule has 0 saturated carbocycles. The molecule has 1 N–H and O–H groups in total. The van der Waals surface area contributed by atoms with Gasteiger partial charge in [0.15, 0.2) is 29.1 Å². The van der Waals surface area contributed by atoms with Gasteiger partial charge in [-0.15, -0.1) is 0 Å². The summed E-state index contributed by atoms with van der Waals surface area (Å²) < 4.78 is 25.3. The third kappa shape index (κ3) is 5.25. The summed E-state index contributed by atoms with van der Waals surface area (Å²) >= 11 is 6.07. The number of para-hydroxylation sites is 1. The molecule has 3 aliphatic rings. The van der Waals surface area contributed by atoms with Crippen LogP contribution in [0.2, 0.25) is 5.02 Å². The number of fused-ring (bicyclic) bond motifs is 2. The summed E-state index contributed by atoms with van der Waals surface area (Å²) in [5, 5.41) is 4.50. The molecule has 0 spiro atoms. The van der Waals surface area contributed by atoms with Crippen LogP contribution in [0.5, 0.6) is 11.5 Å². The maximum Gasteiger partial charge on any atom is 0.439 e. The molecule has 3 aliphatic heterocycles. The first-order chi connectivity index (χ1) is 21.6. The molecule has 6 heterocycles. The second-order valence-corrected chi connectivity index (χ2v) is 12.1. The minimum Gasteiger partial charge on any atom is -0.485 e. The van der Waals surface area contributed by atoms with Crippen LogP contribution in [-0.4, -0.2) is 62.0 Å². The Morgan fingerprint density at radius 1 is 1.07 bits per heavy atom. The second-order valence-electron chi connectivity index (χ2n) is 11.6. The van der Waals surface area contributed by atoms with Crippen molar-refractivity contribution in [3.63, 3.8) is 0 Å². The molecule has 0 aliphatic carbocycles. The summed E-state index contributed by atoms with van der Waals surface area (Å²) in [6, 6.07) is 15.9. The fourth-order valence-corrected chi connectivity index (χ4v) is 6.50. The number of aromatic nitrogens is 5. The molecule has 0 amide bonds. The van der Waals surface area contributed by atoms with Gasteiger partial charge >= 0.3 is 5.76 Å². The Labute approximate surface area is 257 Å². The number of likely N-dealkylation sites (tertiary alicyclic amines) is 1. The van der Waals surface area contributed by atoms with Crippen molar-refractivity contribution in [2.24, 2.45) is 0 Å². The number of aromatic amines is 1. The number of ether oxygens (including phenoxy) is 3. The average Bonchev–Trinajstić information content (AvgIpc) is 3.61. The van der Waals surface area contributed by atoms with Crippen LogP contribution in [0.15, 0.2) is 64.0 Å². The number of rotatable bonds is 7. The average molecular weight is 615 g/mol. The first-order valence-electron chi connectivity index (χ1n) is 15.0. The number of nitrogens with one attached hydrogen (secondary N) is 1. The van der Waals surface area contributed by atoms with Gasteiger partial charge in [-0.25, -0.2) is 14.8 Å². The van der Waals surface area contributed by atoms with Gasteiger partial charge in [-0.3, -0.25) is 14.4 Å². The van der Waals surface area contributed by atoms with Crippen molar-refractivity contribution < 1.29 is 18.7 Å². The van der Waals surface area contributed by atoms with Crippen LogP contribution < -0.4 is 15.2 Å². The van der Waals surface area contributed by atoms with E-state index in [2.05, 4.69) is 36.3 Å². The molecule has 2 atom stereocenters. The maximum atomic E-state index is 11.5. The first kappa shape index (κ1) is 27.4. The van der Waals surface area contributed by atoms with Gasteiger partial charge in [0.1, 0.15) is 17.9 Å². The number of imidazole rings is 1. The summed E-state index contributed by atoms with van der Waals surface area (Å²) in [6.45, 7) is 4.54. The lowest BCUT2D eigenvalue weighted by Gasteiger charge is -2.35. The van der Waals surface area contributed by atoms with E-state index in [9.17, 15) is 4.79 Å². The van der Waals surface area contributed by atoms with Crippen molar-refractivity contribution in [2.45, 2.75) is 50.5 Å². The third-order valence-corrected chi connectivity index (χ3v) is 9.10. The maximum absolute atomic E-state index is 11.5. The van der Waals surface area contributed by atoms with Crippen LogP contribution in [-0.2, 0) is 17.8 Å². The topological polar surface area (TPSA) is 121 Å². The van der Waals surface area contributed by atoms with Crippen molar-refractivity contribution in [1.82, 2.24) is 29.6 Å². The Morgan fingerprint density at radius 2 is 1.91 bits per heavy atom. The quantitative estimate of drug-likeness (QED) is 0.267. The lowest BCUT2D eigenvalue weighted by Crippen LogP contribution is -2.35. The molecule has 2 fully saturated rings. The van der Waals surface area contributed by atoms with Crippen LogP contribution in [0.25, 0.3) is 22.6 Å². The molecule has 0 unspecified atom stereocenters. The molecule has 5 aromatic rings. The zero-order valence-corrected chi connectivity index (χ0v) is 24.7. The largest absolute Gasteiger partial charge is 0.485 e. The Kier molecular flexibility index (Phi) is 7.08. The van der Waals surface area contributed by atoms with Crippen molar-refractivity contribution in [3.05, 3.63) is 87.3 Å². The minimum atomic E-state index is -0.603. The predicted octanol–water partition coefficient (Wildman–Crippen LogP) is 5.11. The molecular weight excluding hydrogens is 584 g/mol. The number of piperidine rings is 1. The smallest absolute Gasteiger partial charge is 0.439 e. The van der Waals surface area contributed by atoms with Crippen LogP contribution in [0.1, 0.15) is 48.2 Å². The molecule has 2 saturated heterocycles. The zero-order chi connectivity index (χ0) is 29.6. The fraction of sp³-hybridized carbons (Fsp3) is 0.375. The van der Waals surface area contributed by atoms with Crippen molar-refractivity contribution in [1.29, 1.82) is 0 Å². The summed E-state index contributed by atoms with van der Waals surface area (Å²) in [5.41, 5.74) is 4.46. The van der Waals surface area contributed by atoms with Gasteiger partial charge in [-0.05, 0) is 68.1 Å². The highest BCUT2D eigenvalue weighted by molar-refractivity contribution is 6.30. The molecule has 226 valence electrons. The number of halogens is 1.